The molecule has 0 aliphatic rings. The van der Waals surface area contributed by atoms with E-state index in [1.807, 2.05) is 78.9 Å². The van der Waals surface area contributed by atoms with Crippen LogP contribution < -0.4 is 5.76 Å². The summed E-state index contributed by atoms with van der Waals surface area (Å²) in [5, 5.41) is 1.04. The van der Waals surface area contributed by atoms with Crippen molar-refractivity contribution in [3.05, 3.63) is 102 Å². The summed E-state index contributed by atoms with van der Waals surface area (Å²) in [5.41, 5.74) is 4.72. The lowest BCUT2D eigenvalue weighted by molar-refractivity contribution is 0.493. The van der Waals surface area contributed by atoms with E-state index in [2.05, 4.69) is 12.1 Å². The van der Waals surface area contributed by atoms with Crippen LogP contribution in [0.2, 0.25) is 0 Å². The van der Waals surface area contributed by atoms with Crippen LogP contribution in [-0.2, 0) is 0 Å². The van der Waals surface area contributed by atoms with Crippen molar-refractivity contribution < 1.29 is 4.42 Å². The summed E-state index contributed by atoms with van der Waals surface area (Å²) in [6.45, 7) is 0. The van der Waals surface area contributed by atoms with Crippen molar-refractivity contribution in [3.8, 4) is 22.5 Å². The lowest BCUT2D eigenvalue weighted by atomic mass is 10.0. The molecule has 2 heterocycles. The van der Waals surface area contributed by atoms with Crippen molar-refractivity contribution in [3.63, 3.8) is 0 Å². The van der Waals surface area contributed by atoms with Crippen molar-refractivity contribution >= 4 is 16.4 Å². The summed E-state index contributed by atoms with van der Waals surface area (Å²) in [6, 6.07) is 29.7. The molecule has 5 aromatic rings. The first kappa shape index (κ1) is 14.7. The Bertz CT molecular complexity index is 1280. The van der Waals surface area contributed by atoms with E-state index < -0.39 is 0 Å². The Morgan fingerprint density at radius 1 is 0.654 bits per heavy atom. The summed E-state index contributed by atoms with van der Waals surface area (Å²) in [4.78, 5) is 12.8. The first-order chi connectivity index (χ1) is 12.8. The molecule has 124 valence electrons. The standard InChI is InChI=1S/C23H15NO2/c25-23-24-19-14-8-7-13-18(19)22(17-11-5-2-6-12-17)20(24)15-21(26-23)16-9-3-1-4-10-16/h1-15H. The van der Waals surface area contributed by atoms with Gasteiger partial charge in [-0.25, -0.2) is 9.20 Å². The van der Waals surface area contributed by atoms with E-state index in [1.165, 1.54) is 0 Å². The summed E-state index contributed by atoms with van der Waals surface area (Å²) < 4.78 is 7.30. The minimum Gasteiger partial charge on any atom is -0.409 e. The predicted molar refractivity (Wildman–Crippen MR) is 104 cm³/mol. The van der Waals surface area contributed by atoms with Crippen LogP contribution in [0.15, 0.2) is 100 Å². The predicted octanol–water partition coefficient (Wildman–Crippen LogP) is 5.38. The number of hydrogen-bond acceptors (Lipinski definition) is 2. The molecule has 0 saturated heterocycles. The van der Waals surface area contributed by atoms with E-state index >= 15 is 0 Å². The van der Waals surface area contributed by atoms with Gasteiger partial charge in [0.15, 0.2) is 0 Å². The lowest BCUT2D eigenvalue weighted by Crippen LogP contribution is -2.10. The zero-order valence-corrected chi connectivity index (χ0v) is 13.9. The van der Waals surface area contributed by atoms with Crippen molar-refractivity contribution in [2.75, 3.05) is 0 Å². The Labute approximate surface area is 149 Å². The fraction of sp³-hybridized carbons (Fsp3) is 0. The highest BCUT2D eigenvalue weighted by atomic mass is 16.4. The summed E-state index contributed by atoms with van der Waals surface area (Å²) >= 11 is 0. The molecule has 0 aliphatic heterocycles. The van der Waals surface area contributed by atoms with Gasteiger partial charge in [0, 0.05) is 22.6 Å². The zero-order chi connectivity index (χ0) is 17.5. The fourth-order valence-electron chi connectivity index (χ4n) is 3.54. The molecule has 0 saturated carbocycles. The molecule has 0 N–H and O–H groups in total. The highest BCUT2D eigenvalue weighted by Crippen LogP contribution is 2.35. The molecule has 3 heteroatoms. The summed E-state index contributed by atoms with van der Waals surface area (Å²) in [6.07, 6.45) is 0. The largest absolute Gasteiger partial charge is 0.424 e. The minimum atomic E-state index is -0.375. The fourth-order valence-corrected chi connectivity index (χ4v) is 3.54. The molecule has 0 spiro atoms. The maximum absolute atomic E-state index is 12.8. The molecule has 0 unspecified atom stereocenters. The molecule has 0 bridgehead atoms. The number of benzene rings is 3. The van der Waals surface area contributed by atoms with Gasteiger partial charge in [0.25, 0.3) is 0 Å². The van der Waals surface area contributed by atoms with Crippen molar-refractivity contribution in [2.45, 2.75) is 0 Å². The molecule has 5 rings (SSSR count). The topological polar surface area (TPSA) is 34.6 Å². The highest BCUT2D eigenvalue weighted by molar-refractivity contribution is 6.05. The number of rotatable bonds is 2. The first-order valence-electron chi connectivity index (χ1n) is 8.51. The van der Waals surface area contributed by atoms with Gasteiger partial charge in [-0.2, -0.15) is 0 Å². The average Bonchev–Trinajstić information content (AvgIpc) is 3.04. The van der Waals surface area contributed by atoms with Crippen LogP contribution >= 0.6 is 0 Å². The smallest absolute Gasteiger partial charge is 0.409 e. The van der Waals surface area contributed by atoms with E-state index in [1.54, 1.807) is 4.40 Å². The van der Waals surface area contributed by atoms with Gasteiger partial charge in [0.05, 0.1) is 11.0 Å². The molecule has 0 amide bonds. The van der Waals surface area contributed by atoms with Gasteiger partial charge in [0.1, 0.15) is 5.76 Å². The minimum absolute atomic E-state index is 0.375. The Hall–Kier alpha value is -3.59. The number of nitrogens with zero attached hydrogens (tertiary/aromatic N) is 1. The molecular formula is C23H15NO2. The molecule has 0 radical (unpaired) electrons. The van der Waals surface area contributed by atoms with E-state index in [-0.39, 0.29) is 5.76 Å². The number of para-hydroxylation sites is 1. The van der Waals surface area contributed by atoms with Crippen LogP contribution in [0.1, 0.15) is 0 Å². The molecule has 3 nitrogen and oxygen atoms in total. The monoisotopic (exact) mass is 337 g/mol. The zero-order valence-electron chi connectivity index (χ0n) is 13.9. The van der Waals surface area contributed by atoms with Crippen LogP contribution in [0.3, 0.4) is 0 Å². The SMILES string of the molecule is O=c1oc(-c2ccccc2)cc2c(-c3ccccc3)c3ccccc3n12. The number of aromatic nitrogens is 1. The Morgan fingerprint density at radius 3 is 2.00 bits per heavy atom. The highest BCUT2D eigenvalue weighted by Gasteiger charge is 2.17. The normalized spacial score (nSPS) is 11.2. The molecule has 26 heavy (non-hydrogen) atoms. The lowest BCUT2D eigenvalue weighted by Gasteiger charge is -2.04. The second kappa shape index (κ2) is 5.74. The van der Waals surface area contributed by atoms with E-state index in [4.69, 9.17) is 4.42 Å². The van der Waals surface area contributed by atoms with Gasteiger partial charge in [-0.15, -0.1) is 0 Å². The third-order valence-corrected chi connectivity index (χ3v) is 4.68. The number of hydrogen-bond donors (Lipinski definition) is 0. The maximum Gasteiger partial charge on any atom is 0.424 e. The summed E-state index contributed by atoms with van der Waals surface area (Å²) in [7, 11) is 0. The van der Waals surface area contributed by atoms with Crippen LogP contribution in [0.4, 0.5) is 0 Å². The van der Waals surface area contributed by atoms with Gasteiger partial charge in [-0.3, -0.25) is 0 Å². The quantitative estimate of drug-likeness (QED) is 0.433. The van der Waals surface area contributed by atoms with Crippen molar-refractivity contribution in [2.24, 2.45) is 0 Å². The second-order valence-electron chi connectivity index (χ2n) is 6.22. The van der Waals surface area contributed by atoms with Gasteiger partial charge >= 0.3 is 5.76 Å². The molecule has 0 atom stereocenters. The molecular weight excluding hydrogens is 322 g/mol. The first-order valence-corrected chi connectivity index (χ1v) is 8.51. The Morgan fingerprint density at radius 2 is 1.27 bits per heavy atom. The van der Waals surface area contributed by atoms with Gasteiger partial charge in [0.2, 0.25) is 0 Å². The van der Waals surface area contributed by atoms with Crippen LogP contribution in [0, 0.1) is 0 Å². The third-order valence-electron chi connectivity index (χ3n) is 4.68. The molecule has 2 aromatic heterocycles. The van der Waals surface area contributed by atoms with E-state index in [0.717, 1.165) is 33.1 Å². The Balaban J connectivity index is 1.95. The maximum atomic E-state index is 12.8. The second-order valence-corrected chi connectivity index (χ2v) is 6.22. The number of fused-ring (bicyclic) bond motifs is 3. The average molecular weight is 337 g/mol. The summed E-state index contributed by atoms with van der Waals surface area (Å²) in [5.74, 6) is 0.197. The van der Waals surface area contributed by atoms with Crippen LogP contribution in [0.5, 0.6) is 0 Å². The van der Waals surface area contributed by atoms with E-state index in [9.17, 15) is 4.79 Å². The Kier molecular flexibility index (Phi) is 3.25. The van der Waals surface area contributed by atoms with E-state index in [0.29, 0.717) is 5.76 Å². The van der Waals surface area contributed by atoms with Crippen LogP contribution in [-0.4, -0.2) is 4.40 Å². The molecule has 0 fully saturated rings. The van der Waals surface area contributed by atoms with Crippen molar-refractivity contribution in [1.82, 2.24) is 4.40 Å². The van der Waals surface area contributed by atoms with Gasteiger partial charge in [-0.05, 0) is 11.6 Å². The van der Waals surface area contributed by atoms with Gasteiger partial charge < -0.3 is 4.42 Å². The van der Waals surface area contributed by atoms with Gasteiger partial charge in [-0.1, -0.05) is 78.9 Å². The third kappa shape index (κ3) is 2.18. The van der Waals surface area contributed by atoms with Crippen LogP contribution in [0.25, 0.3) is 38.9 Å². The molecule has 3 aromatic carbocycles. The van der Waals surface area contributed by atoms with Crippen molar-refractivity contribution in [1.29, 1.82) is 0 Å². The molecule has 0 aliphatic carbocycles.